The van der Waals surface area contributed by atoms with Crippen LogP contribution in [-0.4, -0.2) is 47.8 Å². The van der Waals surface area contributed by atoms with Gasteiger partial charge in [-0.2, -0.15) is 11.3 Å². The number of benzene rings is 2. The Hall–Kier alpha value is -4.52. The number of nitrogens with one attached hydrogen (secondary N) is 3. The van der Waals surface area contributed by atoms with Gasteiger partial charge in [-0.3, -0.25) is 19.3 Å². The van der Waals surface area contributed by atoms with E-state index in [0.717, 1.165) is 38.5 Å². The second kappa shape index (κ2) is 16.5. The van der Waals surface area contributed by atoms with Gasteiger partial charge in [-0.1, -0.05) is 36.4 Å². The zero-order chi connectivity index (χ0) is 32.2. The third-order valence-electron chi connectivity index (χ3n) is 6.88. The van der Waals surface area contributed by atoms with Gasteiger partial charge in [0, 0.05) is 33.0 Å². The molecule has 4 aromatic rings. The van der Waals surface area contributed by atoms with Crippen molar-refractivity contribution in [3.8, 4) is 5.75 Å². The number of carbonyl (C=O) groups excluding carboxylic acids is 4. The molecule has 0 spiro atoms. The molecule has 5 amide bonds. The molecule has 4 rings (SSSR count). The minimum Gasteiger partial charge on any atom is -0.494 e. The molecule has 0 fully saturated rings. The van der Waals surface area contributed by atoms with E-state index in [1.165, 1.54) is 18.3 Å². The van der Waals surface area contributed by atoms with Crippen molar-refractivity contribution >= 4 is 52.1 Å². The number of thiophene rings is 2. The third kappa shape index (κ3) is 9.73. The Labute approximate surface area is 270 Å². The van der Waals surface area contributed by atoms with Crippen LogP contribution in [0.2, 0.25) is 0 Å². The number of anilines is 1. The quantitative estimate of drug-likeness (QED) is 0.153. The smallest absolute Gasteiger partial charge is 0.324 e. The highest BCUT2D eigenvalue weighted by Gasteiger charge is 2.31. The van der Waals surface area contributed by atoms with E-state index in [9.17, 15) is 19.2 Å². The Morgan fingerprint density at radius 2 is 1.62 bits per heavy atom. The summed E-state index contributed by atoms with van der Waals surface area (Å²) in [7, 11) is 0. The maximum atomic E-state index is 14.2. The number of nitrogens with zero attached hydrogens (tertiary/aromatic N) is 1. The largest absolute Gasteiger partial charge is 0.494 e. The molecule has 0 bridgehead atoms. The highest BCUT2D eigenvalue weighted by atomic mass is 32.1. The van der Waals surface area contributed by atoms with Crippen LogP contribution in [-0.2, 0) is 35.5 Å². The molecule has 0 saturated heterocycles. The first kappa shape index (κ1) is 33.4. The molecule has 1 atom stereocenters. The summed E-state index contributed by atoms with van der Waals surface area (Å²) in [6.45, 7) is 4.49. The van der Waals surface area contributed by atoms with E-state index in [2.05, 4.69) is 16.0 Å². The Morgan fingerprint density at radius 3 is 2.27 bits per heavy atom. The first-order valence-corrected chi connectivity index (χ1v) is 16.4. The Bertz CT molecular complexity index is 1570. The lowest BCUT2D eigenvalue weighted by Gasteiger charge is -2.27. The van der Waals surface area contributed by atoms with Crippen molar-refractivity contribution in [3.63, 3.8) is 0 Å². The van der Waals surface area contributed by atoms with Crippen LogP contribution in [0.25, 0.3) is 0 Å². The molecule has 45 heavy (non-hydrogen) atoms. The van der Waals surface area contributed by atoms with E-state index in [-0.39, 0.29) is 30.3 Å². The normalized spacial score (nSPS) is 11.4. The van der Waals surface area contributed by atoms with E-state index in [1.807, 2.05) is 60.1 Å². The summed E-state index contributed by atoms with van der Waals surface area (Å²) in [6.07, 6.45) is 0.579. The number of hydrogen-bond acceptors (Lipinski definition) is 8. The lowest BCUT2D eigenvalue weighted by Crippen LogP contribution is -2.54. The molecule has 2 heterocycles. The average molecular weight is 648 g/mol. The van der Waals surface area contributed by atoms with Gasteiger partial charge in [-0.25, -0.2) is 4.79 Å². The van der Waals surface area contributed by atoms with Crippen molar-refractivity contribution in [3.05, 3.63) is 104 Å². The molecular weight excluding hydrogens is 611 g/mol. The van der Waals surface area contributed by atoms with Crippen molar-refractivity contribution in [1.29, 1.82) is 0 Å². The second-order valence-electron chi connectivity index (χ2n) is 10.2. The number of amides is 5. The topological polar surface area (TPSA) is 143 Å². The number of urea groups is 1. The molecule has 2 aromatic carbocycles. The van der Waals surface area contributed by atoms with Crippen molar-refractivity contribution in [1.82, 2.24) is 15.5 Å². The van der Waals surface area contributed by atoms with Crippen molar-refractivity contribution in [2.75, 3.05) is 18.5 Å². The number of ether oxygens (including phenoxy) is 1. The molecule has 0 unspecified atom stereocenters. The van der Waals surface area contributed by atoms with Crippen molar-refractivity contribution in [2.24, 2.45) is 5.73 Å². The Kier molecular flexibility index (Phi) is 12.3. The molecule has 0 aliphatic carbocycles. The minimum atomic E-state index is -1.08. The summed E-state index contributed by atoms with van der Waals surface area (Å²) < 4.78 is 5.55. The second-order valence-corrected chi connectivity index (χ2v) is 11.9. The molecular formula is C33H37N5O5S2. The van der Waals surface area contributed by atoms with Crippen LogP contribution in [0.15, 0.2) is 76.8 Å². The van der Waals surface area contributed by atoms with E-state index in [0.29, 0.717) is 31.0 Å². The zero-order valence-electron chi connectivity index (χ0n) is 25.2. The van der Waals surface area contributed by atoms with Crippen molar-refractivity contribution in [2.45, 2.75) is 45.8 Å². The average Bonchev–Trinajstić information content (AvgIpc) is 3.73. The van der Waals surface area contributed by atoms with E-state index >= 15 is 0 Å². The van der Waals surface area contributed by atoms with Gasteiger partial charge in [-0.05, 0) is 76.0 Å². The van der Waals surface area contributed by atoms with Crippen molar-refractivity contribution < 1.29 is 23.9 Å². The van der Waals surface area contributed by atoms with Crippen LogP contribution in [0.1, 0.15) is 45.8 Å². The Morgan fingerprint density at radius 1 is 0.911 bits per heavy atom. The fraction of sp³-hybridized carbons (Fsp3) is 0.273. The molecule has 0 saturated carbocycles. The molecule has 0 aliphatic heterocycles. The SMILES string of the molecule is CCOc1ccc(C[C@@H](NC(=O)c2sccc2NC(C)=O)C(=O)N(CCc2ccsc2)C(=O)NCc2ccc(CN)cc2)cc1. The van der Waals surface area contributed by atoms with Crippen LogP contribution in [0.5, 0.6) is 5.75 Å². The third-order valence-corrected chi connectivity index (χ3v) is 8.52. The van der Waals surface area contributed by atoms with Gasteiger partial charge >= 0.3 is 6.03 Å². The number of nitrogens with two attached hydrogens (primary N) is 1. The lowest BCUT2D eigenvalue weighted by molar-refractivity contribution is -0.130. The van der Waals surface area contributed by atoms with E-state index in [1.54, 1.807) is 23.6 Å². The summed E-state index contributed by atoms with van der Waals surface area (Å²) in [5.74, 6) is -0.723. The van der Waals surface area contributed by atoms with Gasteiger partial charge < -0.3 is 26.4 Å². The highest BCUT2D eigenvalue weighted by molar-refractivity contribution is 7.12. The van der Waals surface area contributed by atoms with E-state index < -0.39 is 23.9 Å². The molecule has 10 nitrogen and oxygen atoms in total. The lowest BCUT2D eigenvalue weighted by atomic mass is 10.0. The van der Waals surface area contributed by atoms with Gasteiger partial charge in [0.05, 0.1) is 12.3 Å². The summed E-state index contributed by atoms with van der Waals surface area (Å²) in [5.41, 5.74) is 9.64. The first-order valence-electron chi connectivity index (χ1n) is 14.5. The Balaban J connectivity index is 1.59. The number of carbonyl (C=O) groups is 4. The molecule has 2 aromatic heterocycles. The number of rotatable bonds is 14. The minimum absolute atomic E-state index is 0.110. The van der Waals surface area contributed by atoms with Crippen LogP contribution >= 0.6 is 22.7 Å². The number of imide groups is 1. The highest BCUT2D eigenvalue weighted by Crippen LogP contribution is 2.23. The molecule has 236 valence electrons. The summed E-state index contributed by atoms with van der Waals surface area (Å²) in [6, 6.07) is 16.7. The standard InChI is InChI=1S/C33H37N5O5S2/c1-3-43-27-10-8-23(9-11-27)18-29(37-31(40)30-28(14-17-45-30)36-22(2)39)32(41)38(15-12-26-13-16-44-21-26)33(42)35-20-25-6-4-24(19-34)5-7-25/h4-11,13-14,16-17,21,29H,3,12,15,18-20,34H2,1-2H3,(H,35,42)(H,36,39)(H,37,40)/t29-/m1/s1. The predicted molar refractivity (Wildman–Crippen MR) is 177 cm³/mol. The summed E-state index contributed by atoms with van der Waals surface area (Å²) in [5, 5.41) is 14.0. The van der Waals surface area contributed by atoms with E-state index in [4.69, 9.17) is 10.5 Å². The van der Waals surface area contributed by atoms with Gasteiger partial charge in [0.2, 0.25) is 5.91 Å². The maximum Gasteiger partial charge on any atom is 0.324 e. The van der Waals surface area contributed by atoms with Crippen LogP contribution in [0.4, 0.5) is 10.5 Å². The fourth-order valence-electron chi connectivity index (χ4n) is 4.56. The van der Waals surface area contributed by atoms with Crippen LogP contribution in [0.3, 0.4) is 0 Å². The van der Waals surface area contributed by atoms with Gasteiger partial charge in [0.1, 0.15) is 16.7 Å². The first-order chi connectivity index (χ1) is 21.8. The van der Waals surface area contributed by atoms with Gasteiger partial charge in [-0.15, -0.1) is 11.3 Å². The fourth-order valence-corrected chi connectivity index (χ4v) is 6.02. The monoisotopic (exact) mass is 647 g/mol. The van der Waals surface area contributed by atoms with Crippen LogP contribution in [0, 0.1) is 0 Å². The molecule has 12 heteroatoms. The number of hydrogen-bond donors (Lipinski definition) is 4. The summed E-state index contributed by atoms with van der Waals surface area (Å²) >= 11 is 2.68. The predicted octanol–water partition coefficient (Wildman–Crippen LogP) is 4.95. The van der Waals surface area contributed by atoms with Crippen LogP contribution < -0.4 is 26.4 Å². The summed E-state index contributed by atoms with van der Waals surface area (Å²) in [4.78, 5) is 54.5. The maximum absolute atomic E-state index is 14.2. The van der Waals surface area contributed by atoms with Gasteiger partial charge in [0.15, 0.2) is 0 Å². The molecule has 5 N–H and O–H groups in total. The van der Waals surface area contributed by atoms with Gasteiger partial charge in [0.25, 0.3) is 11.8 Å². The molecule has 0 aliphatic rings. The molecule has 0 radical (unpaired) electrons. The zero-order valence-corrected chi connectivity index (χ0v) is 26.8.